The van der Waals surface area contributed by atoms with E-state index in [2.05, 4.69) is 0 Å². The quantitative estimate of drug-likeness (QED) is 0.573. The molecule has 0 aromatic heterocycles. The summed E-state index contributed by atoms with van der Waals surface area (Å²) in [5, 5.41) is 9.23. The number of carboxylic acid groups (broad SMARTS) is 1. The van der Waals surface area contributed by atoms with Gasteiger partial charge in [-0.25, -0.2) is 0 Å². The Kier molecular flexibility index (Phi) is 4.51. The number of nitrogens with zero attached hydrogens (tertiary/aromatic N) is 1. The summed E-state index contributed by atoms with van der Waals surface area (Å²) in [6, 6.07) is 8.79. The van der Waals surface area contributed by atoms with Crippen LogP contribution in [0.2, 0.25) is 0 Å². The van der Waals surface area contributed by atoms with Crippen LogP contribution in [-0.2, 0) is 15.9 Å². The SMILES string of the molecule is N[C@@]1(C(=O)O)C[C@@H](CP(=O)(O)O)N(Cc2ccccc2)C1. The smallest absolute Gasteiger partial charge is 0.327 e. The zero-order valence-corrected chi connectivity index (χ0v) is 12.3. The fraction of sp³-hybridized carbons (Fsp3) is 0.462. The van der Waals surface area contributed by atoms with Gasteiger partial charge in [-0.1, -0.05) is 30.3 Å². The Labute approximate surface area is 122 Å². The third-order valence-electron chi connectivity index (χ3n) is 3.70. The minimum absolute atomic E-state index is 0.0281. The van der Waals surface area contributed by atoms with Gasteiger partial charge in [0.15, 0.2) is 0 Å². The number of carbonyl (C=O) groups is 1. The Hall–Kier alpha value is -1.24. The lowest BCUT2D eigenvalue weighted by molar-refractivity contribution is -0.142. The van der Waals surface area contributed by atoms with Gasteiger partial charge in [-0.05, 0) is 12.0 Å². The van der Waals surface area contributed by atoms with Gasteiger partial charge < -0.3 is 20.6 Å². The summed E-state index contributed by atoms with van der Waals surface area (Å²) in [5.74, 6) is -1.14. The molecule has 1 aliphatic rings. The van der Waals surface area contributed by atoms with Crippen molar-refractivity contribution < 1.29 is 24.3 Å². The lowest BCUT2D eigenvalue weighted by atomic mass is 9.98. The molecule has 7 nitrogen and oxygen atoms in total. The number of hydrogen-bond acceptors (Lipinski definition) is 4. The van der Waals surface area contributed by atoms with Crippen LogP contribution in [0.25, 0.3) is 0 Å². The van der Waals surface area contributed by atoms with Crippen LogP contribution in [0, 0.1) is 0 Å². The Balaban J connectivity index is 2.19. The molecule has 1 saturated heterocycles. The molecule has 1 aromatic rings. The third kappa shape index (κ3) is 4.12. The number of aliphatic carboxylic acids is 1. The highest BCUT2D eigenvalue weighted by atomic mass is 31.2. The number of carboxylic acids is 1. The van der Waals surface area contributed by atoms with Gasteiger partial charge >= 0.3 is 13.6 Å². The van der Waals surface area contributed by atoms with Gasteiger partial charge in [0.05, 0.1) is 6.16 Å². The van der Waals surface area contributed by atoms with Gasteiger partial charge in [-0.3, -0.25) is 14.3 Å². The molecule has 0 radical (unpaired) electrons. The molecule has 21 heavy (non-hydrogen) atoms. The minimum atomic E-state index is -4.23. The summed E-state index contributed by atoms with van der Waals surface area (Å²) in [6.07, 6.45) is -0.355. The summed E-state index contributed by atoms with van der Waals surface area (Å²) in [6.45, 7) is 0.486. The second kappa shape index (κ2) is 5.87. The monoisotopic (exact) mass is 314 g/mol. The van der Waals surface area contributed by atoms with E-state index in [0.29, 0.717) is 6.54 Å². The average Bonchev–Trinajstić information content (AvgIpc) is 2.66. The molecule has 0 unspecified atom stereocenters. The zero-order chi connectivity index (χ0) is 15.7. The maximum atomic E-state index is 11.3. The average molecular weight is 314 g/mol. The second-order valence-electron chi connectivity index (χ2n) is 5.56. The molecule has 2 atom stereocenters. The molecule has 8 heteroatoms. The highest BCUT2D eigenvalue weighted by Gasteiger charge is 2.48. The van der Waals surface area contributed by atoms with Crippen molar-refractivity contribution >= 4 is 13.6 Å². The van der Waals surface area contributed by atoms with Crippen molar-refractivity contribution in [2.24, 2.45) is 5.73 Å². The first kappa shape index (κ1) is 16.1. The van der Waals surface area contributed by atoms with Crippen LogP contribution in [0.15, 0.2) is 30.3 Å². The highest BCUT2D eigenvalue weighted by Crippen LogP contribution is 2.40. The molecule has 0 spiro atoms. The van der Waals surface area contributed by atoms with Crippen molar-refractivity contribution in [2.45, 2.75) is 24.5 Å². The third-order valence-corrected chi connectivity index (χ3v) is 4.60. The molecule has 1 aromatic carbocycles. The van der Waals surface area contributed by atoms with E-state index in [1.165, 1.54) is 0 Å². The molecule has 0 bridgehead atoms. The number of nitrogens with two attached hydrogens (primary N) is 1. The molecular formula is C13H19N2O5P. The van der Waals surface area contributed by atoms with Crippen molar-refractivity contribution in [1.82, 2.24) is 4.90 Å². The number of likely N-dealkylation sites (tertiary alicyclic amines) is 1. The van der Waals surface area contributed by atoms with E-state index in [1.807, 2.05) is 30.3 Å². The maximum absolute atomic E-state index is 11.3. The van der Waals surface area contributed by atoms with Gasteiger partial charge in [0.25, 0.3) is 0 Å². The largest absolute Gasteiger partial charge is 0.480 e. The van der Waals surface area contributed by atoms with E-state index in [1.54, 1.807) is 4.90 Å². The van der Waals surface area contributed by atoms with E-state index in [9.17, 15) is 14.5 Å². The predicted molar refractivity (Wildman–Crippen MR) is 76.7 cm³/mol. The summed E-state index contributed by atoms with van der Waals surface area (Å²) >= 11 is 0. The fourth-order valence-electron chi connectivity index (χ4n) is 2.72. The van der Waals surface area contributed by atoms with Gasteiger partial charge in [0.1, 0.15) is 5.54 Å². The summed E-state index contributed by atoms with van der Waals surface area (Å²) < 4.78 is 11.2. The molecule has 0 saturated carbocycles. The van der Waals surface area contributed by atoms with E-state index < -0.39 is 25.1 Å². The Morgan fingerprint density at radius 1 is 1.38 bits per heavy atom. The van der Waals surface area contributed by atoms with Gasteiger partial charge in [-0.15, -0.1) is 0 Å². The first-order valence-corrected chi connectivity index (χ1v) is 8.34. The lowest BCUT2D eigenvalue weighted by Gasteiger charge is -2.24. The van der Waals surface area contributed by atoms with Gasteiger partial charge in [-0.2, -0.15) is 0 Å². The molecule has 1 heterocycles. The van der Waals surface area contributed by atoms with Crippen LogP contribution in [0.3, 0.4) is 0 Å². The van der Waals surface area contributed by atoms with Crippen LogP contribution in [0.1, 0.15) is 12.0 Å². The van der Waals surface area contributed by atoms with Crippen molar-refractivity contribution in [3.05, 3.63) is 35.9 Å². The van der Waals surface area contributed by atoms with Crippen LogP contribution in [0.4, 0.5) is 0 Å². The van der Waals surface area contributed by atoms with Crippen molar-refractivity contribution in [3.63, 3.8) is 0 Å². The van der Waals surface area contributed by atoms with E-state index in [4.69, 9.17) is 15.5 Å². The number of hydrogen-bond donors (Lipinski definition) is 4. The molecular weight excluding hydrogens is 295 g/mol. The highest BCUT2D eigenvalue weighted by molar-refractivity contribution is 7.51. The Morgan fingerprint density at radius 3 is 2.52 bits per heavy atom. The number of rotatable bonds is 5. The Bertz CT molecular complexity index is 561. The van der Waals surface area contributed by atoms with E-state index in [0.717, 1.165) is 5.56 Å². The van der Waals surface area contributed by atoms with E-state index >= 15 is 0 Å². The van der Waals surface area contributed by atoms with Crippen molar-refractivity contribution in [1.29, 1.82) is 0 Å². The molecule has 1 fully saturated rings. The van der Waals surface area contributed by atoms with Crippen LogP contribution >= 0.6 is 7.60 Å². The van der Waals surface area contributed by atoms with Crippen LogP contribution in [-0.4, -0.2) is 50.0 Å². The fourth-order valence-corrected chi connectivity index (χ4v) is 3.63. The molecule has 0 aliphatic carbocycles. The predicted octanol–water partition coefficient (Wildman–Crippen LogP) is 0.221. The molecule has 0 amide bonds. The van der Waals surface area contributed by atoms with Crippen molar-refractivity contribution in [2.75, 3.05) is 12.7 Å². The van der Waals surface area contributed by atoms with Crippen LogP contribution in [0.5, 0.6) is 0 Å². The van der Waals surface area contributed by atoms with Gasteiger partial charge in [0.2, 0.25) is 0 Å². The van der Waals surface area contributed by atoms with Crippen LogP contribution < -0.4 is 5.73 Å². The summed E-state index contributed by atoms with van der Waals surface area (Å²) in [7, 11) is -4.23. The Morgan fingerprint density at radius 2 is 2.00 bits per heavy atom. The van der Waals surface area contributed by atoms with Gasteiger partial charge in [0, 0.05) is 19.1 Å². The maximum Gasteiger partial charge on any atom is 0.327 e. The number of benzene rings is 1. The van der Waals surface area contributed by atoms with E-state index in [-0.39, 0.29) is 19.1 Å². The second-order valence-corrected chi connectivity index (χ2v) is 7.25. The zero-order valence-electron chi connectivity index (χ0n) is 11.4. The lowest BCUT2D eigenvalue weighted by Crippen LogP contribution is -2.50. The molecule has 1 aliphatic heterocycles. The molecule has 116 valence electrons. The normalized spacial score (nSPS) is 26.9. The first-order valence-electron chi connectivity index (χ1n) is 6.54. The molecule has 5 N–H and O–H groups in total. The first-order chi connectivity index (χ1) is 9.70. The summed E-state index contributed by atoms with van der Waals surface area (Å²) in [4.78, 5) is 31.4. The topological polar surface area (TPSA) is 124 Å². The molecule has 2 rings (SSSR count). The minimum Gasteiger partial charge on any atom is -0.480 e. The van der Waals surface area contributed by atoms with Crippen molar-refractivity contribution in [3.8, 4) is 0 Å². The standard InChI is InChI=1S/C13H19N2O5P/c14-13(12(16)17)6-11(8-21(18,19)20)15(9-13)7-10-4-2-1-3-5-10/h1-5,11H,6-9,14H2,(H,16,17)(H2,18,19,20)/t11-,13-/m0/s1. The summed E-state index contributed by atoms with van der Waals surface area (Å²) in [5.41, 5.74) is 5.34.